The molecule has 0 aromatic heterocycles. The highest BCUT2D eigenvalue weighted by Gasteiger charge is 2.31. The van der Waals surface area contributed by atoms with Crippen molar-refractivity contribution in [2.45, 2.75) is 12.4 Å². The predicted molar refractivity (Wildman–Crippen MR) is 51.9 cm³/mol. The summed E-state index contributed by atoms with van der Waals surface area (Å²) in [6, 6.07) is 2.36. The van der Waals surface area contributed by atoms with Crippen LogP contribution in [0, 0.1) is 0 Å². The van der Waals surface area contributed by atoms with Crippen molar-refractivity contribution >= 4 is 0 Å². The summed E-state index contributed by atoms with van der Waals surface area (Å²) in [6.45, 7) is 3.38. The zero-order valence-corrected chi connectivity index (χ0v) is 8.16. The summed E-state index contributed by atoms with van der Waals surface area (Å²) in [4.78, 5) is 0. The first-order valence-electron chi connectivity index (χ1n) is 4.30. The van der Waals surface area contributed by atoms with Crippen molar-refractivity contribution in [2.24, 2.45) is 5.73 Å². The Morgan fingerprint density at radius 3 is 2.56 bits per heavy atom. The first-order chi connectivity index (χ1) is 7.33. The van der Waals surface area contributed by atoms with E-state index in [4.69, 9.17) is 5.73 Å². The van der Waals surface area contributed by atoms with Crippen molar-refractivity contribution in [1.82, 2.24) is 0 Å². The molecule has 1 aromatic rings. The number of ether oxygens (including phenoxy) is 1. The number of phenols is 1. The molecule has 0 amide bonds. The van der Waals surface area contributed by atoms with Crippen LogP contribution in [0.2, 0.25) is 0 Å². The van der Waals surface area contributed by atoms with Gasteiger partial charge in [0.05, 0.1) is 6.04 Å². The second kappa shape index (κ2) is 4.44. The summed E-state index contributed by atoms with van der Waals surface area (Å²) < 4.78 is 39.5. The molecule has 0 spiro atoms. The van der Waals surface area contributed by atoms with E-state index in [0.717, 1.165) is 18.2 Å². The predicted octanol–water partition coefficient (Wildman–Crippen LogP) is 2.48. The second-order valence-corrected chi connectivity index (χ2v) is 3.03. The van der Waals surface area contributed by atoms with Crippen molar-refractivity contribution in [3.05, 3.63) is 36.4 Å². The van der Waals surface area contributed by atoms with Crippen LogP contribution in [0.25, 0.3) is 0 Å². The monoisotopic (exact) mass is 233 g/mol. The molecule has 0 heterocycles. The Morgan fingerprint density at radius 2 is 2.06 bits per heavy atom. The topological polar surface area (TPSA) is 55.5 Å². The van der Waals surface area contributed by atoms with Crippen LogP contribution in [0.3, 0.4) is 0 Å². The molecule has 0 saturated carbocycles. The molecule has 1 atom stereocenters. The maximum Gasteiger partial charge on any atom is 0.573 e. The lowest BCUT2D eigenvalue weighted by Gasteiger charge is -2.13. The van der Waals surface area contributed by atoms with E-state index < -0.39 is 18.2 Å². The molecule has 6 heteroatoms. The number of benzene rings is 1. The Bertz CT molecular complexity index is 390. The van der Waals surface area contributed by atoms with E-state index in [2.05, 4.69) is 11.3 Å². The Balaban J connectivity index is 3.03. The molecule has 3 nitrogen and oxygen atoms in total. The average Bonchev–Trinajstić information content (AvgIpc) is 2.18. The molecule has 0 aliphatic carbocycles. The maximum atomic E-state index is 11.9. The summed E-state index contributed by atoms with van der Waals surface area (Å²) in [7, 11) is 0. The van der Waals surface area contributed by atoms with E-state index in [9.17, 15) is 18.3 Å². The van der Waals surface area contributed by atoms with E-state index in [0.29, 0.717) is 0 Å². The molecular weight excluding hydrogens is 223 g/mol. The lowest BCUT2D eigenvalue weighted by atomic mass is 10.1. The van der Waals surface area contributed by atoms with Gasteiger partial charge in [-0.3, -0.25) is 0 Å². The number of aromatic hydroxyl groups is 1. The van der Waals surface area contributed by atoms with Crippen LogP contribution in [0.4, 0.5) is 13.2 Å². The van der Waals surface area contributed by atoms with Gasteiger partial charge in [0.25, 0.3) is 0 Å². The van der Waals surface area contributed by atoms with Crippen LogP contribution in [-0.2, 0) is 0 Å². The Labute approximate surface area is 89.9 Å². The van der Waals surface area contributed by atoms with Crippen LogP contribution in [0.15, 0.2) is 30.9 Å². The minimum absolute atomic E-state index is 0.122. The number of alkyl halides is 3. The Morgan fingerprint density at radius 1 is 1.44 bits per heavy atom. The lowest BCUT2D eigenvalue weighted by molar-refractivity contribution is -0.274. The number of hydrogen-bond acceptors (Lipinski definition) is 3. The van der Waals surface area contributed by atoms with Crippen LogP contribution in [0.1, 0.15) is 11.6 Å². The quantitative estimate of drug-likeness (QED) is 0.788. The fraction of sp³-hybridized carbons (Fsp3) is 0.200. The highest BCUT2D eigenvalue weighted by atomic mass is 19.4. The van der Waals surface area contributed by atoms with E-state index in [1.165, 1.54) is 6.08 Å². The minimum atomic E-state index is -4.77. The summed E-state index contributed by atoms with van der Waals surface area (Å²) >= 11 is 0. The molecule has 1 aromatic carbocycles. The molecule has 0 bridgehead atoms. The van der Waals surface area contributed by atoms with Crippen molar-refractivity contribution in [3.8, 4) is 11.5 Å². The minimum Gasteiger partial charge on any atom is -0.508 e. The number of hydrogen-bond donors (Lipinski definition) is 2. The van der Waals surface area contributed by atoms with Gasteiger partial charge in [0.2, 0.25) is 0 Å². The van der Waals surface area contributed by atoms with E-state index in [1.54, 1.807) is 0 Å². The third-order valence-electron chi connectivity index (χ3n) is 1.85. The highest BCUT2D eigenvalue weighted by Crippen LogP contribution is 2.30. The van der Waals surface area contributed by atoms with Gasteiger partial charge in [0.1, 0.15) is 11.5 Å². The highest BCUT2D eigenvalue weighted by molar-refractivity contribution is 5.42. The third-order valence-corrected chi connectivity index (χ3v) is 1.85. The van der Waals surface area contributed by atoms with Crippen LogP contribution in [0.5, 0.6) is 11.5 Å². The summed E-state index contributed by atoms with van der Waals surface area (Å²) in [6.07, 6.45) is -3.47. The maximum absolute atomic E-state index is 11.9. The summed E-state index contributed by atoms with van der Waals surface area (Å²) in [5, 5.41) is 9.37. The molecule has 3 N–H and O–H groups in total. The van der Waals surface area contributed by atoms with Gasteiger partial charge in [-0.1, -0.05) is 6.08 Å². The zero-order chi connectivity index (χ0) is 12.3. The van der Waals surface area contributed by atoms with E-state index >= 15 is 0 Å². The number of halogens is 3. The number of nitrogens with two attached hydrogens (primary N) is 1. The summed E-state index contributed by atoms with van der Waals surface area (Å²) in [5.74, 6) is -0.639. The van der Waals surface area contributed by atoms with Crippen LogP contribution >= 0.6 is 0 Å². The van der Waals surface area contributed by atoms with Gasteiger partial charge in [-0.2, -0.15) is 0 Å². The second-order valence-electron chi connectivity index (χ2n) is 3.03. The molecule has 0 unspecified atom stereocenters. The zero-order valence-electron chi connectivity index (χ0n) is 8.16. The first-order valence-corrected chi connectivity index (χ1v) is 4.30. The van der Waals surface area contributed by atoms with Crippen molar-refractivity contribution in [1.29, 1.82) is 0 Å². The van der Waals surface area contributed by atoms with E-state index in [1.807, 2.05) is 0 Å². The molecule has 1 rings (SSSR count). The Kier molecular flexibility index (Phi) is 3.44. The standard InChI is InChI=1S/C10H10F3NO2/c1-2-8(14)7-5-6(3-4-9(7)15)16-10(11,12)13/h2-5,8,15H,1,14H2/t8-/m1/s1. The number of phenolic OH excluding ortho intramolecular Hbond substituents is 1. The SMILES string of the molecule is C=C[C@@H](N)c1cc(OC(F)(F)F)ccc1O. The number of rotatable bonds is 3. The normalized spacial score (nSPS) is 13.2. The largest absolute Gasteiger partial charge is 0.573 e. The molecular formula is C10H10F3NO2. The molecule has 0 fully saturated rings. The summed E-state index contributed by atoms with van der Waals surface area (Å²) in [5.41, 5.74) is 5.63. The molecule has 0 aliphatic heterocycles. The van der Waals surface area contributed by atoms with Gasteiger partial charge >= 0.3 is 6.36 Å². The fourth-order valence-corrected chi connectivity index (χ4v) is 1.12. The van der Waals surface area contributed by atoms with Crippen LogP contribution in [-0.4, -0.2) is 11.5 Å². The molecule has 0 saturated heterocycles. The van der Waals surface area contributed by atoms with Crippen LogP contribution < -0.4 is 10.5 Å². The van der Waals surface area contributed by atoms with Crippen molar-refractivity contribution in [2.75, 3.05) is 0 Å². The van der Waals surface area contributed by atoms with Crippen molar-refractivity contribution in [3.63, 3.8) is 0 Å². The Hall–Kier alpha value is -1.69. The lowest BCUT2D eigenvalue weighted by Crippen LogP contribution is -2.17. The third kappa shape index (κ3) is 3.16. The van der Waals surface area contributed by atoms with Gasteiger partial charge in [-0.05, 0) is 18.2 Å². The fourth-order valence-electron chi connectivity index (χ4n) is 1.12. The molecule has 0 radical (unpaired) electrons. The average molecular weight is 233 g/mol. The van der Waals surface area contributed by atoms with Gasteiger partial charge in [0, 0.05) is 5.56 Å². The van der Waals surface area contributed by atoms with E-state index in [-0.39, 0.29) is 11.3 Å². The molecule has 0 aliphatic rings. The van der Waals surface area contributed by atoms with Gasteiger partial charge in [-0.25, -0.2) is 0 Å². The van der Waals surface area contributed by atoms with Gasteiger partial charge in [0.15, 0.2) is 0 Å². The molecule has 88 valence electrons. The van der Waals surface area contributed by atoms with Gasteiger partial charge < -0.3 is 15.6 Å². The first kappa shape index (κ1) is 12.4. The smallest absolute Gasteiger partial charge is 0.508 e. The molecule has 16 heavy (non-hydrogen) atoms. The van der Waals surface area contributed by atoms with Crippen molar-refractivity contribution < 1.29 is 23.0 Å². The van der Waals surface area contributed by atoms with Gasteiger partial charge in [-0.15, -0.1) is 19.8 Å².